The van der Waals surface area contributed by atoms with E-state index in [9.17, 15) is 4.79 Å². The number of benzene rings is 2. The average molecular weight is 364 g/mol. The molecule has 3 rings (SSSR count). The fourth-order valence-corrected chi connectivity index (χ4v) is 2.88. The van der Waals surface area contributed by atoms with Crippen molar-refractivity contribution >= 4 is 5.97 Å². The summed E-state index contributed by atoms with van der Waals surface area (Å²) in [5.41, 5.74) is 3.97. The molecule has 0 radical (unpaired) electrons. The summed E-state index contributed by atoms with van der Waals surface area (Å²) in [5, 5.41) is 4.67. The molecule has 0 atom stereocenters. The van der Waals surface area contributed by atoms with Crippen molar-refractivity contribution in [3.63, 3.8) is 0 Å². The monoisotopic (exact) mass is 364 g/mol. The molecule has 0 saturated carbocycles. The van der Waals surface area contributed by atoms with Gasteiger partial charge in [0.05, 0.1) is 23.6 Å². The quantitative estimate of drug-likeness (QED) is 0.426. The largest absolute Gasteiger partial charge is 0.462 e. The lowest BCUT2D eigenvalue weighted by Gasteiger charge is -2.08. The molecule has 2 aromatic carbocycles. The highest BCUT2D eigenvalue weighted by Crippen LogP contribution is 2.29. The van der Waals surface area contributed by atoms with Crippen LogP contribution in [-0.4, -0.2) is 29.5 Å². The van der Waals surface area contributed by atoms with Gasteiger partial charge in [-0.15, -0.1) is 0 Å². The number of nitrogens with zero attached hydrogens (tertiary/aromatic N) is 2. The Bertz CT molecular complexity index is 888. The maximum atomic E-state index is 12.5. The van der Waals surface area contributed by atoms with E-state index in [0.717, 1.165) is 29.7 Å². The zero-order valence-electron chi connectivity index (χ0n) is 15.7. The molecule has 0 aliphatic rings. The van der Waals surface area contributed by atoms with Gasteiger partial charge in [0.15, 0.2) is 0 Å². The number of carbonyl (C=O) groups excluding carboxylic acids is 1. The zero-order valence-corrected chi connectivity index (χ0v) is 15.7. The first kappa shape index (κ1) is 18.9. The molecule has 5 heteroatoms. The van der Waals surface area contributed by atoms with E-state index < -0.39 is 0 Å². The third-order valence-electron chi connectivity index (χ3n) is 4.25. The summed E-state index contributed by atoms with van der Waals surface area (Å²) in [7, 11) is 1.63. The Kier molecular flexibility index (Phi) is 6.39. The summed E-state index contributed by atoms with van der Waals surface area (Å²) in [6.45, 7) is 2.82. The number of ether oxygens (including phenoxy) is 2. The minimum Gasteiger partial charge on any atom is -0.462 e. The van der Waals surface area contributed by atoms with Gasteiger partial charge in [-0.2, -0.15) is 5.10 Å². The van der Waals surface area contributed by atoms with Crippen LogP contribution >= 0.6 is 0 Å². The molecule has 0 spiro atoms. The van der Waals surface area contributed by atoms with Crippen molar-refractivity contribution in [2.45, 2.75) is 26.5 Å². The zero-order chi connectivity index (χ0) is 19.1. The molecule has 0 saturated heterocycles. The minimum atomic E-state index is -0.318. The Morgan fingerprint density at radius 3 is 2.56 bits per heavy atom. The molecule has 0 fully saturated rings. The van der Waals surface area contributed by atoms with Gasteiger partial charge in [-0.1, -0.05) is 61.9 Å². The molecule has 3 aromatic rings. The van der Waals surface area contributed by atoms with Crippen LogP contribution in [0.4, 0.5) is 0 Å². The minimum absolute atomic E-state index is 0.318. The predicted octanol–water partition coefficient (Wildman–Crippen LogP) is 4.78. The second-order valence-electron chi connectivity index (χ2n) is 6.23. The number of hydrogen-bond donors (Lipinski definition) is 0. The van der Waals surface area contributed by atoms with Gasteiger partial charge >= 0.3 is 5.97 Å². The summed E-state index contributed by atoms with van der Waals surface area (Å²) in [6, 6.07) is 19.4. The lowest BCUT2D eigenvalue weighted by atomic mass is 10.0. The number of unbranched alkanes of at least 4 members (excludes halogenated alkanes) is 1. The highest BCUT2D eigenvalue weighted by Gasteiger charge is 2.18. The van der Waals surface area contributed by atoms with E-state index >= 15 is 0 Å². The predicted molar refractivity (Wildman–Crippen MR) is 105 cm³/mol. The number of methoxy groups -OCH3 is 1. The van der Waals surface area contributed by atoms with Crippen molar-refractivity contribution in [2.75, 3.05) is 13.7 Å². The van der Waals surface area contributed by atoms with E-state index in [0.29, 0.717) is 24.6 Å². The van der Waals surface area contributed by atoms with Gasteiger partial charge in [0.2, 0.25) is 0 Å². The van der Waals surface area contributed by atoms with Crippen LogP contribution in [0.3, 0.4) is 0 Å². The summed E-state index contributed by atoms with van der Waals surface area (Å²) < 4.78 is 12.5. The SMILES string of the molecule is CCCCOC(=O)c1ccccc1-c1cc(-c2ccccc2)n(COC)n1. The average Bonchev–Trinajstić information content (AvgIpc) is 3.13. The number of aromatic nitrogens is 2. The lowest BCUT2D eigenvalue weighted by Crippen LogP contribution is -2.08. The third kappa shape index (κ3) is 4.44. The summed E-state index contributed by atoms with van der Waals surface area (Å²) in [4.78, 5) is 12.5. The highest BCUT2D eigenvalue weighted by atomic mass is 16.5. The van der Waals surface area contributed by atoms with Crippen LogP contribution in [0, 0.1) is 0 Å². The van der Waals surface area contributed by atoms with Gasteiger partial charge in [-0.3, -0.25) is 0 Å². The van der Waals surface area contributed by atoms with E-state index in [4.69, 9.17) is 9.47 Å². The molecular weight excluding hydrogens is 340 g/mol. The van der Waals surface area contributed by atoms with Crippen molar-refractivity contribution in [1.82, 2.24) is 9.78 Å². The van der Waals surface area contributed by atoms with E-state index in [1.165, 1.54) is 0 Å². The van der Waals surface area contributed by atoms with Crippen molar-refractivity contribution in [3.05, 3.63) is 66.2 Å². The van der Waals surface area contributed by atoms with E-state index in [2.05, 4.69) is 12.0 Å². The van der Waals surface area contributed by atoms with Crippen LogP contribution in [0.25, 0.3) is 22.5 Å². The topological polar surface area (TPSA) is 53.4 Å². The maximum absolute atomic E-state index is 12.5. The van der Waals surface area contributed by atoms with Crippen LogP contribution < -0.4 is 0 Å². The van der Waals surface area contributed by atoms with Crippen LogP contribution in [0.15, 0.2) is 60.7 Å². The van der Waals surface area contributed by atoms with Crippen molar-refractivity contribution in [1.29, 1.82) is 0 Å². The highest BCUT2D eigenvalue weighted by molar-refractivity contribution is 5.97. The molecule has 0 aliphatic carbocycles. The van der Waals surface area contributed by atoms with Crippen molar-refractivity contribution < 1.29 is 14.3 Å². The summed E-state index contributed by atoms with van der Waals surface area (Å²) >= 11 is 0. The van der Waals surface area contributed by atoms with Gasteiger partial charge < -0.3 is 9.47 Å². The van der Waals surface area contributed by atoms with Crippen molar-refractivity contribution in [2.24, 2.45) is 0 Å². The molecular formula is C22H24N2O3. The summed E-state index contributed by atoms with van der Waals surface area (Å²) in [6.07, 6.45) is 1.84. The Morgan fingerprint density at radius 1 is 1.07 bits per heavy atom. The Hall–Kier alpha value is -2.92. The Labute approximate surface area is 159 Å². The maximum Gasteiger partial charge on any atom is 0.338 e. The van der Waals surface area contributed by atoms with Crippen LogP contribution in [0.2, 0.25) is 0 Å². The molecule has 0 bridgehead atoms. The molecule has 140 valence electrons. The van der Waals surface area contributed by atoms with Crippen molar-refractivity contribution in [3.8, 4) is 22.5 Å². The standard InChI is InChI=1S/C22H24N2O3/c1-3-4-14-27-22(25)19-13-9-8-12-18(19)20-15-21(24(23-20)16-26-2)17-10-6-5-7-11-17/h5-13,15H,3-4,14,16H2,1-2H3. The lowest BCUT2D eigenvalue weighted by molar-refractivity contribution is 0.0500. The van der Waals surface area contributed by atoms with Gasteiger partial charge in [0.1, 0.15) is 6.73 Å². The second kappa shape index (κ2) is 9.14. The Morgan fingerprint density at radius 2 is 1.81 bits per heavy atom. The van der Waals surface area contributed by atoms with E-state index in [1.54, 1.807) is 17.9 Å². The molecule has 27 heavy (non-hydrogen) atoms. The molecule has 0 amide bonds. The van der Waals surface area contributed by atoms with Gasteiger partial charge in [0.25, 0.3) is 0 Å². The molecule has 1 aromatic heterocycles. The van der Waals surface area contributed by atoms with Crippen LogP contribution in [0.5, 0.6) is 0 Å². The van der Waals surface area contributed by atoms with Crippen LogP contribution in [-0.2, 0) is 16.2 Å². The number of esters is 1. The van der Waals surface area contributed by atoms with Gasteiger partial charge in [-0.05, 0) is 24.1 Å². The smallest absolute Gasteiger partial charge is 0.338 e. The third-order valence-corrected chi connectivity index (χ3v) is 4.25. The van der Waals surface area contributed by atoms with Gasteiger partial charge in [-0.25, -0.2) is 9.48 Å². The fraction of sp³-hybridized carbons (Fsp3) is 0.273. The first-order valence-corrected chi connectivity index (χ1v) is 9.13. The Balaban J connectivity index is 1.98. The first-order chi connectivity index (χ1) is 13.2. The van der Waals surface area contributed by atoms with Crippen LogP contribution in [0.1, 0.15) is 30.1 Å². The summed E-state index contributed by atoms with van der Waals surface area (Å²) in [5.74, 6) is -0.318. The molecule has 0 aliphatic heterocycles. The number of carbonyl (C=O) groups is 1. The van der Waals surface area contributed by atoms with Gasteiger partial charge in [0, 0.05) is 12.7 Å². The van der Waals surface area contributed by atoms with E-state index in [-0.39, 0.29) is 5.97 Å². The molecule has 5 nitrogen and oxygen atoms in total. The first-order valence-electron chi connectivity index (χ1n) is 9.13. The number of rotatable bonds is 8. The number of hydrogen-bond acceptors (Lipinski definition) is 4. The normalized spacial score (nSPS) is 10.7. The molecule has 1 heterocycles. The molecule has 0 N–H and O–H groups in total. The molecule has 0 unspecified atom stereocenters. The van der Waals surface area contributed by atoms with E-state index in [1.807, 2.05) is 54.6 Å². The second-order valence-corrected chi connectivity index (χ2v) is 6.23. The fourth-order valence-electron chi connectivity index (χ4n) is 2.88.